The average molecular weight is 533 g/mol. The predicted molar refractivity (Wildman–Crippen MR) is 147 cm³/mol. The summed E-state index contributed by atoms with van der Waals surface area (Å²) in [5.41, 5.74) is 10.7. The number of fused-ring (bicyclic) bond motifs is 1. The molecule has 2 aromatic carbocycles. The first-order chi connectivity index (χ1) is 17.8. The van der Waals surface area contributed by atoms with Crippen LogP contribution in [-0.4, -0.2) is 50.6 Å². The number of nitrogens with two attached hydrogens (primary N) is 1. The van der Waals surface area contributed by atoms with Crippen molar-refractivity contribution in [3.8, 4) is 11.8 Å². The van der Waals surface area contributed by atoms with Gasteiger partial charge >= 0.3 is 0 Å². The molecular weight excluding hydrogens is 507 g/mol. The number of nitrogens with zero attached hydrogens (tertiary/aromatic N) is 5. The lowest BCUT2D eigenvalue weighted by Crippen LogP contribution is -2.32. The number of piperidine rings is 1. The highest BCUT2D eigenvalue weighted by atomic mass is 35.5. The van der Waals surface area contributed by atoms with E-state index in [1.807, 2.05) is 29.8 Å². The summed E-state index contributed by atoms with van der Waals surface area (Å²) in [6, 6.07) is 11.0. The minimum Gasteiger partial charge on any atom is -0.383 e. The second-order valence-electron chi connectivity index (χ2n) is 9.41. The van der Waals surface area contributed by atoms with Gasteiger partial charge in [-0.25, -0.2) is 14.6 Å². The van der Waals surface area contributed by atoms with E-state index < -0.39 is 0 Å². The Morgan fingerprint density at radius 1 is 1.08 bits per heavy atom. The third-order valence-corrected chi connectivity index (χ3v) is 7.51. The summed E-state index contributed by atoms with van der Waals surface area (Å²) in [6.45, 7) is 3.99. The van der Waals surface area contributed by atoms with E-state index in [2.05, 4.69) is 33.8 Å². The van der Waals surface area contributed by atoms with Crippen LogP contribution in [0.4, 0.5) is 5.82 Å². The quantitative estimate of drug-likeness (QED) is 0.290. The number of aromatic nitrogens is 4. The van der Waals surface area contributed by atoms with E-state index >= 15 is 0 Å². The van der Waals surface area contributed by atoms with Crippen LogP contribution in [0, 0.1) is 18.8 Å². The summed E-state index contributed by atoms with van der Waals surface area (Å²) >= 11 is 12.1. The molecule has 2 N–H and O–H groups in total. The van der Waals surface area contributed by atoms with Crippen LogP contribution in [-0.2, 0) is 6.42 Å². The molecule has 0 amide bonds. The van der Waals surface area contributed by atoms with Crippen LogP contribution in [0.3, 0.4) is 0 Å². The fourth-order valence-corrected chi connectivity index (χ4v) is 4.87. The van der Waals surface area contributed by atoms with Gasteiger partial charge in [-0.2, -0.15) is 5.10 Å². The largest absolute Gasteiger partial charge is 0.383 e. The summed E-state index contributed by atoms with van der Waals surface area (Å²) in [6.07, 6.45) is 3.66. The first kappa shape index (κ1) is 25.2. The van der Waals surface area contributed by atoms with Gasteiger partial charge in [-0.3, -0.25) is 4.79 Å². The molecule has 37 heavy (non-hydrogen) atoms. The number of halogens is 2. The zero-order chi connectivity index (χ0) is 26.1. The van der Waals surface area contributed by atoms with Gasteiger partial charge in [-0.05, 0) is 81.2 Å². The number of aryl methyl sites for hydroxylation is 1. The molecule has 0 radical (unpaired) electrons. The van der Waals surface area contributed by atoms with Crippen LogP contribution >= 0.6 is 23.2 Å². The Balaban J connectivity index is 1.45. The van der Waals surface area contributed by atoms with Gasteiger partial charge in [0.05, 0.1) is 21.5 Å². The number of carbonyl (C=O) groups is 1. The van der Waals surface area contributed by atoms with Crippen molar-refractivity contribution < 1.29 is 4.79 Å². The summed E-state index contributed by atoms with van der Waals surface area (Å²) < 4.78 is 1.96. The van der Waals surface area contributed by atoms with E-state index in [0.29, 0.717) is 38.2 Å². The Hall–Kier alpha value is -3.44. The molecular formula is C28H26Cl2N6O. The van der Waals surface area contributed by atoms with Crippen LogP contribution < -0.4 is 5.73 Å². The van der Waals surface area contributed by atoms with Crippen molar-refractivity contribution in [3.63, 3.8) is 0 Å². The maximum Gasteiger partial charge on any atom is 0.167 e. The zero-order valence-electron chi connectivity index (χ0n) is 20.6. The highest BCUT2D eigenvalue weighted by Crippen LogP contribution is 2.29. The third kappa shape index (κ3) is 5.33. The topological polar surface area (TPSA) is 89.9 Å². The number of likely N-dealkylation sites (tertiary alicyclic amines) is 1. The van der Waals surface area contributed by atoms with Crippen molar-refractivity contribution in [3.05, 3.63) is 80.7 Å². The minimum atomic E-state index is -0.0471. The molecule has 1 aliphatic heterocycles. The number of hydrogen-bond acceptors (Lipinski definition) is 6. The number of benzene rings is 2. The lowest BCUT2D eigenvalue weighted by atomic mass is 9.99. The van der Waals surface area contributed by atoms with Gasteiger partial charge in [-0.15, -0.1) is 0 Å². The number of Topliss-reactive ketones (excluding diaryl/α,β-unsaturated/α-hetero) is 1. The van der Waals surface area contributed by atoms with E-state index in [-0.39, 0.29) is 18.2 Å². The van der Waals surface area contributed by atoms with Gasteiger partial charge in [-0.1, -0.05) is 41.3 Å². The summed E-state index contributed by atoms with van der Waals surface area (Å²) in [7, 11) is 2.13. The SMILES string of the molecule is Cc1ccc(CC(=O)c2ccc(Cl)c(Cl)c2)cc1C#Cc1nn(C2CCN(C)CC2)c2ncnc(N)c12. The molecule has 2 aromatic heterocycles. The lowest BCUT2D eigenvalue weighted by molar-refractivity contribution is 0.0993. The first-order valence-corrected chi connectivity index (χ1v) is 12.8. The molecule has 7 nitrogen and oxygen atoms in total. The Bertz CT molecular complexity index is 1560. The molecule has 0 bridgehead atoms. The molecule has 1 aliphatic rings. The maximum atomic E-state index is 12.8. The first-order valence-electron chi connectivity index (χ1n) is 12.1. The van der Waals surface area contributed by atoms with Gasteiger partial charge in [0.2, 0.25) is 0 Å². The van der Waals surface area contributed by atoms with E-state index in [1.165, 1.54) is 6.33 Å². The number of hydrogen-bond donors (Lipinski definition) is 1. The van der Waals surface area contributed by atoms with Gasteiger partial charge in [0.15, 0.2) is 11.4 Å². The normalized spacial score (nSPS) is 14.5. The van der Waals surface area contributed by atoms with Crippen molar-refractivity contribution in [2.24, 2.45) is 0 Å². The number of anilines is 1. The second-order valence-corrected chi connectivity index (χ2v) is 10.2. The van der Waals surface area contributed by atoms with Crippen LogP contribution in [0.25, 0.3) is 11.0 Å². The van der Waals surface area contributed by atoms with E-state index in [9.17, 15) is 4.79 Å². The minimum absolute atomic E-state index is 0.0471. The number of ketones is 1. The molecule has 0 saturated carbocycles. The van der Waals surface area contributed by atoms with Gasteiger partial charge in [0, 0.05) is 17.5 Å². The van der Waals surface area contributed by atoms with Crippen molar-refractivity contribution in [1.82, 2.24) is 24.6 Å². The van der Waals surface area contributed by atoms with Crippen molar-refractivity contribution in [2.75, 3.05) is 25.9 Å². The lowest BCUT2D eigenvalue weighted by Gasteiger charge is -2.29. The molecule has 188 valence electrons. The molecule has 1 saturated heterocycles. The number of carbonyl (C=O) groups excluding carboxylic acids is 1. The van der Waals surface area contributed by atoms with Crippen LogP contribution in [0.2, 0.25) is 10.0 Å². The summed E-state index contributed by atoms with van der Waals surface area (Å²) in [5.74, 6) is 6.78. The third-order valence-electron chi connectivity index (χ3n) is 6.78. The van der Waals surface area contributed by atoms with Crippen molar-refractivity contribution in [2.45, 2.75) is 32.2 Å². The monoisotopic (exact) mass is 532 g/mol. The van der Waals surface area contributed by atoms with E-state index in [0.717, 1.165) is 42.6 Å². The van der Waals surface area contributed by atoms with Crippen molar-refractivity contribution in [1.29, 1.82) is 0 Å². The van der Waals surface area contributed by atoms with Crippen LogP contribution in [0.5, 0.6) is 0 Å². The molecule has 3 heterocycles. The standard InChI is InChI=1S/C28H26Cl2N6O/c1-17-3-4-18(14-25(37)20-5-7-22(29)23(30)15-20)13-19(17)6-8-24-26-27(31)32-16-33-28(26)36(34-24)21-9-11-35(2)12-10-21/h3-5,7,13,15-16,21H,9-12,14H2,1-2H3,(H2,31,32,33). The predicted octanol–water partition coefficient (Wildman–Crippen LogP) is 5.12. The zero-order valence-corrected chi connectivity index (χ0v) is 22.1. The van der Waals surface area contributed by atoms with Gasteiger partial charge in [0.25, 0.3) is 0 Å². The molecule has 0 spiro atoms. The number of nitrogen functional groups attached to an aromatic ring is 1. The highest BCUT2D eigenvalue weighted by molar-refractivity contribution is 6.42. The van der Waals surface area contributed by atoms with E-state index in [4.69, 9.17) is 34.0 Å². The molecule has 4 aromatic rings. The van der Waals surface area contributed by atoms with Crippen LogP contribution in [0.15, 0.2) is 42.7 Å². The smallest absolute Gasteiger partial charge is 0.167 e. The fraction of sp³-hybridized carbons (Fsp3) is 0.286. The molecule has 9 heteroatoms. The Morgan fingerprint density at radius 2 is 1.86 bits per heavy atom. The highest BCUT2D eigenvalue weighted by Gasteiger charge is 2.24. The Kier molecular flexibility index (Phi) is 7.16. The molecule has 0 unspecified atom stereocenters. The van der Waals surface area contributed by atoms with Gasteiger partial charge < -0.3 is 10.6 Å². The summed E-state index contributed by atoms with van der Waals surface area (Å²) in [4.78, 5) is 23.8. The maximum absolute atomic E-state index is 12.8. The van der Waals surface area contributed by atoms with Crippen LogP contribution in [0.1, 0.15) is 51.6 Å². The Morgan fingerprint density at radius 3 is 2.62 bits per heavy atom. The van der Waals surface area contributed by atoms with Gasteiger partial charge in [0.1, 0.15) is 17.8 Å². The molecule has 0 atom stereocenters. The second kappa shape index (κ2) is 10.5. The molecule has 0 aliphatic carbocycles. The van der Waals surface area contributed by atoms with E-state index in [1.54, 1.807) is 18.2 Å². The summed E-state index contributed by atoms with van der Waals surface area (Å²) in [5, 5.41) is 6.29. The van der Waals surface area contributed by atoms with Crippen molar-refractivity contribution >= 4 is 45.8 Å². The average Bonchev–Trinajstić information content (AvgIpc) is 3.26. The molecule has 1 fully saturated rings. The number of rotatable bonds is 4. The molecule has 5 rings (SSSR count). The Labute approximate surface area is 225 Å². The fourth-order valence-electron chi connectivity index (χ4n) is 4.57.